The Hall–Kier alpha value is -3.17. The van der Waals surface area contributed by atoms with Crippen molar-refractivity contribution in [1.29, 1.82) is 0 Å². The monoisotopic (exact) mass is 667 g/mol. The first kappa shape index (κ1) is 33.7. The second-order valence-corrected chi connectivity index (χ2v) is 12.5. The van der Waals surface area contributed by atoms with Crippen LogP contribution in [-0.4, -0.2) is 96.9 Å². The summed E-state index contributed by atoms with van der Waals surface area (Å²) in [6.45, 7) is 7.02. The highest BCUT2D eigenvalue weighted by Crippen LogP contribution is 2.38. The Bertz CT molecular complexity index is 1440. The lowest BCUT2D eigenvalue weighted by Gasteiger charge is -2.45. The SMILES string of the molecule is Cc1ccccc1C1=CC(N2CCC(N3CCOCC3)CC2)OC2=NCNCC2C(Cc2cc(C(F)(F)F)cc(C(F)(F)F)c2)N1O. The molecule has 0 aliphatic carbocycles. The van der Waals surface area contributed by atoms with Gasteiger partial charge in [0.15, 0.2) is 12.1 Å². The molecule has 2 aromatic carbocycles. The van der Waals surface area contributed by atoms with Crippen LogP contribution < -0.4 is 5.32 Å². The van der Waals surface area contributed by atoms with E-state index in [2.05, 4.69) is 20.1 Å². The molecule has 4 heterocycles. The molecule has 256 valence electrons. The van der Waals surface area contributed by atoms with Crippen LogP contribution in [0.1, 0.15) is 40.7 Å². The molecular weight excluding hydrogens is 628 g/mol. The summed E-state index contributed by atoms with van der Waals surface area (Å²) in [5, 5.41) is 16.2. The van der Waals surface area contributed by atoms with Crippen molar-refractivity contribution in [3.63, 3.8) is 0 Å². The lowest BCUT2D eigenvalue weighted by molar-refractivity contribution is -0.143. The number of aryl methyl sites for hydroxylation is 1. The summed E-state index contributed by atoms with van der Waals surface area (Å²) >= 11 is 0. The van der Waals surface area contributed by atoms with Crippen molar-refractivity contribution in [2.75, 3.05) is 52.6 Å². The van der Waals surface area contributed by atoms with Gasteiger partial charge in [-0.3, -0.25) is 25.4 Å². The van der Waals surface area contributed by atoms with Gasteiger partial charge in [0.25, 0.3) is 0 Å². The van der Waals surface area contributed by atoms with E-state index < -0.39 is 41.7 Å². The van der Waals surface area contributed by atoms with E-state index in [1.54, 1.807) is 6.08 Å². The highest BCUT2D eigenvalue weighted by atomic mass is 19.4. The predicted octanol–water partition coefficient (Wildman–Crippen LogP) is 5.40. The highest BCUT2D eigenvalue weighted by Gasteiger charge is 2.42. The van der Waals surface area contributed by atoms with Gasteiger partial charge < -0.3 is 9.47 Å². The van der Waals surface area contributed by atoms with E-state index in [1.165, 1.54) is 0 Å². The van der Waals surface area contributed by atoms with E-state index in [0.29, 0.717) is 35.3 Å². The molecule has 2 fully saturated rings. The lowest BCUT2D eigenvalue weighted by Crippen LogP contribution is -2.55. The average Bonchev–Trinajstić information content (AvgIpc) is 3.05. The summed E-state index contributed by atoms with van der Waals surface area (Å²) in [6.07, 6.45) is -7.33. The van der Waals surface area contributed by atoms with Gasteiger partial charge in [0, 0.05) is 44.3 Å². The largest absolute Gasteiger partial charge is 0.458 e. The number of nitrogens with zero attached hydrogens (tertiary/aromatic N) is 4. The van der Waals surface area contributed by atoms with E-state index >= 15 is 0 Å². The molecular formula is C33H39F6N5O3. The van der Waals surface area contributed by atoms with Crippen molar-refractivity contribution in [2.45, 2.75) is 56.9 Å². The number of fused-ring (bicyclic) bond motifs is 1. The maximum absolute atomic E-state index is 13.8. The van der Waals surface area contributed by atoms with Crippen LogP contribution in [0.25, 0.3) is 5.70 Å². The number of aliphatic imine (C=N–C) groups is 1. The van der Waals surface area contributed by atoms with E-state index in [9.17, 15) is 31.5 Å². The molecule has 4 aliphatic heterocycles. The molecule has 0 radical (unpaired) electrons. The molecule has 8 nitrogen and oxygen atoms in total. The summed E-state index contributed by atoms with van der Waals surface area (Å²) in [5.74, 6) is -0.380. The fourth-order valence-electron chi connectivity index (χ4n) is 7.01. The maximum atomic E-state index is 13.8. The Labute approximate surface area is 269 Å². The standard InChI is InChI=1S/C33H39F6N5O3/c1-21-4-2-3-5-26(21)29-18-30(43-8-6-25(7-9-43)42-10-12-46-13-11-42)47-31-27(19-40-20-41-31)28(44(29)45)16-22-14-23(32(34,35)36)17-24(15-22)33(37,38)39/h2-5,14-15,17-18,25,27-28,30,40,45H,6-13,16,19-20H2,1H3. The van der Waals surface area contributed by atoms with Crippen molar-refractivity contribution in [3.05, 3.63) is 76.4 Å². The smallest absolute Gasteiger partial charge is 0.416 e. The molecule has 0 saturated carbocycles. The van der Waals surface area contributed by atoms with Crippen LogP contribution in [-0.2, 0) is 28.2 Å². The lowest BCUT2D eigenvalue weighted by atomic mass is 9.88. The number of hydroxylamine groups is 2. The van der Waals surface area contributed by atoms with Crippen molar-refractivity contribution < 1.29 is 41.0 Å². The molecule has 4 aliphatic rings. The number of halogens is 6. The Kier molecular flexibility index (Phi) is 9.86. The van der Waals surface area contributed by atoms with Crippen LogP contribution in [0.15, 0.2) is 53.5 Å². The maximum Gasteiger partial charge on any atom is 0.416 e. The van der Waals surface area contributed by atoms with Gasteiger partial charge in [-0.2, -0.15) is 26.3 Å². The van der Waals surface area contributed by atoms with Crippen molar-refractivity contribution in [2.24, 2.45) is 10.9 Å². The van der Waals surface area contributed by atoms with Gasteiger partial charge in [0.2, 0.25) is 0 Å². The molecule has 2 N–H and O–H groups in total. The minimum absolute atomic E-state index is 0.113. The summed E-state index contributed by atoms with van der Waals surface area (Å²) in [5.41, 5.74) is -1.16. The number of hydrogen-bond donors (Lipinski definition) is 2. The molecule has 3 unspecified atom stereocenters. The molecule has 47 heavy (non-hydrogen) atoms. The Morgan fingerprint density at radius 2 is 1.57 bits per heavy atom. The zero-order valence-electron chi connectivity index (χ0n) is 26.0. The first-order valence-corrected chi connectivity index (χ1v) is 15.9. The van der Waals surface area contributed by atoms with Crippen LogP contribution in [0.2, 0.25) is 0 Å². The topological polar surface area (TPSA) is 72.8 Å². The third-order valence-corrected chi connectivity index (χ3v) is 9.53. The summed E-state index contributed by atoms with van der Waals surface area (Å²) in [4.78, 5) is 9.19. The third-order valence-electron chi connectivity index (χ3n) is 9.53. The summed E-state index contributed by atoms with van der Waals surface area (Å²) < 4.78 is 94.7. The zero-order chi connectivity index (χ0) is 33.3. The Balaban J connectivity index is 1.37. The molecule has 0 amide bonds. The minimum Gasteiger partial charge on any atom is -0.458 e. The summed E-state index contributed by atoms with van der Waals surface area (Å²) in [7, 11) is 0. The van der Waals surface area contributed by atoms with Crippen molar-refractivity contribution in [3.8, 4) is 0 Å². The van der Waals surface area contributed by atoms with Crippen LogP contribution >= 0.6 is 0 Å². The number of hydrogen-bond acceptors (Lipinski definition) is 8. The number of alkyl halides is 6. The van der Waals surface area contributed by atoms with Gasteiger partial charge in [-0.15, -0.1) is 0 Å². The fourth-order valence-corrected chi connectivity index (χ4v) is 7.01. The summed E-state index contributed by atoms with van der Waals surface area (Å²) in [6, 6.07) is 8.31. The first-order chi connectivity index (χ1) is 22.4. The molecule has 2 saturated heterocycles. The number of rotatable bonds is 5. The van der Waals surface area contributed by atoms with Crippen molar-refractivity contribution >= 4 is 11.6 Å². The van der Waals surface area contributed by atoms with Crippen LogP contribution in [0.3, 0.4) is 0 Å². The molecule has 0 bridgehead atoms. The number of piperidine rings is 1. The van der Waals surface area contributed by atoms with Crippen LogP contribution in [0.4, 0.5) is 26.3 Å². The number of morpholine rings is 1. The van der Waals surface area contributed by atoms with Crippen LogP contribution in [0.5, 0.6) is 0 Å². The molecule has 0 spiro atoms. The van der Waals surface area contributed by atoms with Gasteiger partial charge in [-0.1, -0.05) is 24.3 Å². The third kappa shape index (κ3) is 7.62. The van der Waals surface area contributed by atoms with E-state index in [0.717, 1.165) is 62.9 Å². The number of likely N-dealkylation sites (tertiary alicyclic amines) is 1. The molecule has 0 aromatic heterocycles. The number of ether oxygens (including phenoxy) is 2. The van der Waals surface area contributed by atoms with Crippen LogP contribution in [0, 0.1) is 12.8 Å². The Morgan fingerprint density at radius 1 is 0.915 bits per heavy atom. The number of benzene rings is 2. The Morgan fingerprint density at radius 3 is 2.21 bits per heavy atom. The van der Waals surface area contributed by atoms with Gasteiger partial charge in [-0.25, -0.2) is 4.99 Å². The molecule has 3 atom stereocenters. The predicted molar refractivity (Wildman–Crippen MR) is 162 cm³/mol. The number of nitrogens with one attached hydrogen (secondary N) is 1. The fraction of sp³-hybridized carbons (Fsp3) is 0.545. The highest BCUT2D eigenvalue weighted by molar-refractivity contribution is 5.82. The van der Waals surface area contributed by atoms with E-state index in [1.807, 2.05) is 31.2 Å². The second-order valence-electron chi connectivity index (χ2n) is 12.5. The normalized spacial score (nSPS) is 25.7. The van der Waals surface area contributed by atoms with E-state index in [-0.39, 0.29) is 31.3 Å². The zero-order valence-corrected chi connectivity index (χ0v) is 26.0. The quantitative estimate of drug-likeness (QED) is 0.414. The minimum atomic E-state index is -4.99. The van der Waals surface area contributed by atoms with Crippen molar-refractivity contribution in [1.82, 2.24) is 20.2 Å². The van der Waals surface area contributed by atoms with Gasteiger partial charge in [-0.05, 0) is 61.6 Å². The van der Waals surface area contributed by atoms with E-state index in [4.69, 9.17) is 9.47 Å². The van der Waals surface area contributed by atoms with Gasteiger partial charge >= 0.3 is 12.4 Å². The molecule has 6 rings (SSSR count). The molecule has 2 aromatic rings. The van der Waals surface area contributed by atoms with Gasteiger partial charge in [0.1, 0.15) is 0 Å². The molecule has 14 heteroatoms. The van der Waals surface area contributed by atoms with Gasteiger partial charge in [0.05, 0.1) is 48.7 Å². The average molecular weight is 668 g/mol. The first-order valence-electron chi connectivity index (χ1n) is 15.9. The second kappa shape index (κ2) is 13.7.